The van der Waals surface area contributed by atoms with Crippen LogP contribution in [0, 0.1) is 4.77 Å². The minimum absolute atomic E-state index is 0.214. The highest BCUT2D eigenvalue weighted by atomic mass is 35.5. The Kier molecular flexibility index (Phi) is 3.30. The number of aromatic nitrogens is 2. The van der Waals surface area contributed by atoms with Crippen LogP contribution >= 0.6 is 23.8 Å². The molecule has 0 fully saturated rings. The number of para-hydroxylation sites is 1. The van der Waals surface area contributed by atoms with Crippen molar-refractivity contribution in [3.05, 3.63) is 28.0 Å². The maximum atomic E-state index is 6.15. The molecule has 3 nitrogen and oxygen atoms in total. The summed E-state index contributed by atoms with van der Waals surface area (Å²) in [5, 5.41) is 0.681. The second-order valence-corrected chi connectivity index (χ2v) is 5.44. The van der Waals surface area contributed by atoms with Gasteiger partial charge in [-0.15, -0.1) is 0 Å². The molecule has 17 heavy (non-hydrogen) atoms. The number of fused-ring (bicyclic) bond motifs is 1. The fourth-order valence-electron chi connectivity index (χ4n) is 2.11. The zero-order valence-corrected chi connectivity index (χ0v) is 11.7. The summed E-state index contributed by atoms with van der Waals surface area (Å²) in [5.74, 6) is 0. The molecule has 0 amide bonds. The number of aromatic amines is 1. The number of halogens is 1. The number of hydrogen-bond donors (Lipinski definition) is 1. The number of imidazole rings is 1. The first-order valence-electron chi connectivity index (χ1n) is 5.36. The molecule has 0 aliphatic rings. The first kappa shape index (κ1) is 12.6. The minimum atomic E-state index is -0.214. The molecule has 0 bridgehead atoms. The van der Waals surface area contributed by atoms with Crippen molar-refractivity contribution >= 4 is 34.9 Å². The Morgan fingerprint density at radius 3 is 2.82 bits per heavy atom. The van der Waals surface area contributed by atoms with Gasteiger partial charge in [-0.3, -0.25) is 0 Å². The Labute approximate surface area is 110 Å². The zero-order chi connectivity index (χ0) is 12.6. The van der Waals surface area contributed by atoms with Crippen LogP contribution in [-0.4, -0.2) is 23.3 Å². The molecule has 0 aliphatic heterocycles. The lowest BCUT2D eigenvalue weighted by Gasteiger charge is -2.26. The van der Waals surface area contributed by atoms with Gasteiger partial charge in [0.15, 0.2) is 4.77 Å². The fraction of sp³-hybridized carbons (Fsp3) is 0.417. The van der Waals surface area contributed by atoms with E-state index in [2.05, 4.69) is 18.8 Å². The molecular formula is C12H15ClN2OS. The summed E-state index contributed by atoms with van der Waals surface area (Å²) in [7, 11) is 1.69. The van der Waals surface area contributed by atoms with E-state index in [1.54, 1.807) is 7.11 Å². The molecule has 1 aromatic carbocycles. The average molecular weight is 271 g/mol. The molecule has 1 heterocycles. The average Bonchev–Trinajstić information content (AvgIpc) is 2.56. The maximum Gasteiger partial charge on any atom is 0.178 e. The number of nitrogens with zero attached hydrogens (tertiary/aromatic N) is 1. The molecule has 0 aliphatic carbocycles. The van der Waals surface area contributed by atoms with E-state index in [0.717, 1.165) is 11.0 Å². The first-order chi connectivity index (χ1) is 7.97. The van der Waals surface area contributed by atoms with Crippen molar-refractivity contribution in [2.24, 2.45) is 0 Å². The summed E-state index contributed by atoms with van der Waals surface area (Å²) in [4.78, 5) is 3.15. The quantitative estimate of drug-likeness (QED) is 0.862. The van der Waals surface area contributed by atoms with Crippen LogP contribution in [0.5, 0.6) is 0 Å². The van der Waals surface area contributed by atoms with Crippen LogP contribution in [0.1, 0.15) is 13.8 Å². The van der Waals surface area contributed by atoms with Crippen LogP contribution in [0.25, 0.3) is 11.0 Å². The molecule has 0 saturated carbocycles. The van der Waals surface area contributed by atoms with Gasteiger partial charge in [0, 0.05) is 7.11 Å². The normalized spacial score (nSPS) is 12.2. The Morgan fingerprint density at radius 2 is 2.18 bits per heavy atom. The highest BCUT2D eigenvalue weighted by molar-refractivity contribution is 7.71. The van der Waals surface area contributed by atoms with Crippen molar-refractivity contribution in [2.45, 2.75) is 19.4 Å². The van der Waals surface area contributed by atoms with Crippen LogP contribution < -0.4 is 0 Å². The Bertz CT molecular complexity index is 600. The standard InChI is InChI=1S/C12H15ClN2OS/c1-12(2,7-16-3)15-9-6-4-5-8(13)10(9)14-11(15)17/h4-6H,7H2,1-3H3,(H,14,17). The molecule has 0 radical (unpaired) electrons. The molecule has 2 rings (SSSR count). The lowest BCUT2D eigenvalue weighted by molar-refractivity contribution is 0.111. The van der Waals surface area contributed by atoms with Crippen molar-refractivity contribution in [1.82, 2.24) is 9.55 Å². The summed E-state index contributed by atoms with van der Waals surface area (Å²) in [6.07, 6.45) is 0. The highest BCUT2D eigenvalue weighted by Gasteiger charge is 2.23. The van der Waals surface area contributed by atoms with Crippen LogP contribution in [0.3, 0.4) is 0 Å². The molecule has 0 saturated heterocycles. The van der Waals surface area contributed by atoms with Gasteiger partial charge < -0.3 is 14.3 Å². The van der Waals surface area contributed by atoms with Gasteiger partial charge >= 0.3 is 0 Å². The summed E-state index contributed by atoms with van der Waals surface area (Å²) >= 11 is 11.5. The fourth-order valence-corrected chi connectivity index (χ4v) is 2.78. The van der Waals surface area contributed by atoms with E-state index >= 15 is 0 Å². The summed E-state index contributed by atoms with van der Waals surface area (Å²) in [5.41, 5.74) is 1.67. The number of hydrogen-bond acceptors (Lipinski definition) is 2. The van der Waals surface area contributed by atoms with Gasteiger partial charge in [-0.1, -0.05) is 17.7 Å². The van der Waals surface area contributed by atoms with E-state index in [1.807, 2.05) is 22.8 Å². The van der Waals surface area contributed by atoms with Crippen LogP contribution in [0.4, 0.5) is 0 Å². The third-order valence-corrected chi connectivity index (χ3v) is 3.37. The number of benzene rings is 1. The number of methoxy groups -OCH3 is 1. The molecular weight excluding hydrogens is 256 g/mol. The maximum absolute atomic E-state index is 6.15. The molecule has 2 aromatic rings. The summed E-state index contributed by atoms with van der Waals surface area (Å²) in [6, 6.07) is 5.78. The van der Waals surface area contributed by atoms with Crippen molar-refractivity contribution in [3.63, 3.8) is 0 Å². The molecule has 1 aromatic heterocycles. The van der Waals surface area contributed by atoms with Crippen molar-refractivity contribution in [2.75, 3.05) is 13.7 Å². The second-order valence-electron chi connectivity index (χ2n) is 4.64. The number of ether oxygens (including phenoxy) is 1. The number of H-pyrrole nitrogens is 1. The van der Waals surface area contributed by atoms with Crippen molar-refractivity contribution in [3.8, 4) is 0 Å². The summed E-state index contributed by atoms with van der Waals surface area (Å²) in [6.45, 7) is 4.75. The second kappa shape index (κ2) is 4.44. The SMILES string of the molecule is COCC(C)(C)n1c(=S)[nH]c2c(Cl)cccc21. The zero-order valence-electron chi connectivity index (χ0n) is 10.1. The van der Waals surface area contributed by atoms with Crippen molar-refractivity contribution in [1.29, 1.82) is 0 Å². The van der Waals surface area contributed by atoms with E-state index in [0.29, 0.717) is 16.4 Å². The van der Waals surface area contributed by atoms with Gasteiger partial charge in [-0.05, 0) is 38.2 Å². The Balaban J connectivity index is 2.74. The Morgan fingerprint density at radius 1 is 1.47 bits per heavy atom. The van der Waals surface area contributed by atoms with Gasteiger partial charge in [-0.2, -0.15) is 0 Å². The molecule has 0 atom stereocenters. The third-order valence-electron chi connectivity index (χ3n) is 2.77. The predicted octanol–water partition coefficient (Wildman–Crippen LogP) is 3.73. The lowest BCUT2D eigenvalue weighted by Crippen LogP contribution is -2.31. The summed E-state index contributed by atoms with van der Waals surface area (Å²) < 4.78 is 7.96. The van der Waals surface area contributed by atoms with Gasteiger partial charge in [0.05, 0.1) is 28.2 Å². The van der Waals surface area contributed by atoms with Gasteiger partial charge in [0.25, 0.3) is 0 Å². The molecule has 0 spiro atoms. The highest BCUT2D eigenvalue weighted by Crippen LogP contribution is 2.27. The van der Waals surface area contributed by atoms with E-state index in [4.69, 9.17) is 28.6 Å². The largest absolute Gasteiger partial charge is 0.382 e. The molecule has 0 unspecified atom stereocenters. The lowest BCUT2D eigenvalue weighted by atomic mass is 10.1. The van der Waals surface area contributed by atoms with Gasteiger partial charge in [0.2, 0.25) is 0 Å². The first-order valence-corrected chi connectivity index (χ1v) is 6.14. The molecule has 92 valence electrons. The van der Waals surface area contributed by atoms with E-state index < -0.39 is 0 Å². The topological polar surface area (TPSA) is 29.9 Å². The van der Waals surface area contributed by atoms with E-state index in [1.165, 1.54) is 0 Å². The van der Waals surface area contributed by atoms with Crippen LogP contribution in [0.15, 0.2) is 18.2 Å². The minimum Gasteiger partial charge on any atom is -0.382 e. The Hall–Kier alpha value is -0.840. The van der Waals surface area contributed by atoms with Crippen LogP contribution in [-0.2, 0) is 10.3 Å². The molecule has 5 heteroatoms. The number of rotatable bonds is 3. The van der Waals surface area contributed by atoms with Crippen molar-refractivity contribution < 1.29 is 4.74 Å². The molecule has 1 N–H and O–H groups in total. The van der Waals surface area contributed by atoms with E-state index in [9.17, 15) is 0 Å². The van der Waals surface area contributed by atoms with Crippen LogP contribution in [0.2, 0.25) is 5.02 Å². The van der Waals surface area contributed by atoms with Gasteiger partial charge in [-0.25, -0.2) is 0 Å². The predicted molar refractivity (Wildman–Crippen MR) is 73.3 cm³/mol. The van der Waals surface area contributed by atoms with E-state index in [-0.39, 0.29) is 5.54 Å². The smallest absolute Gasteiger partial charge is 0.178 e. The third kappa shape index (κ3) is 2.12. The number of nitrogens with one attached hydrogen (secondary N) is 1. The monoisotopic (exact) mass is 270 g/mol. The van der Waals surface area contributed by atoms with Gasteiger partial charge in [0.1, 0.15) is 0 Å².